The number of hydrogen-bond acceptors (Lipinski definition) is 4. The smallest absolute Gasteiger partial charge is 0.223 e. The van der Waals surface area contributed by atoms with Crippen LogP contribution in [0.5, 0.6) is 11.5 Å². The van der Waals surface area contributed by atoms with E-state index in [9.17, 15) is 4.79 Å². The number of halogens is 1. The molecule has 1 fully saturated rings. The van der Waals surface area contributed by atoms with Crippen molar-refractivity contribution in [3.8, 4) is 11.5 Å². The SMILES string of the molecule is COc1ccc(OC)c(CNC(=O)[C@@H]2CCC[C@@H]2CN)c1.Cl. The van der Waals surface area contributed by atoms with Crippen LogP contribution >= 0.6 is 12.4 Å². The molecule has 2 atom stereocenters. The number of nitrogens with two attached hydrogens (primary N) is 1. The second kappa shape index (κ2) is 8.86. The number of ether oxygens (including phenoxy) is 2. The van der Waals surface area contributed by atoms with E-state index in [1.165, 1.54) is 0 Å². The monoisotopic (exact) mass is 328 g/mol. The molecular weight excluding hydrogens is 304 g/mol. The van der Waals surface area contributed by atoms with Gasteiger partial charge in [0.05, 0.1) is 14.2 Å². The fraction of sp³-hybridized carbons (Fsp3) is 0.562. The number of carbonyl (C=O) groups excluding carboxylic acids is 1. The van der Waals surface area contributed by atoms with Crippen molar-refractivity contribution in [2.24, 2.45) is 17.6 Å². The Bertz CT molecular complexity index is 496. The molecule has 0 bridgehead atoms. The molecule has 1 amide bonds. The third-order valence-corrected chi connectivity index (χ3v) is 4.24. The summed E-state index contributed by atoms with van der Waals surface area (Å²) in [5, 5.41) is 3.00. The van der Waals surface area contributed by atoms with Gasteiger partial charge in [0.25, 0.3) is 0 Å². The van der Waals surface area contributed by atoms with Crippen LogP contribution in [0.3, 0.4) is 0 Å². The second-order valence-electron chi connectivity index (χ2n) is 5.43. The average molecular weight is 329 g/mol. The highest BCUT2D eigenvalue weighted by Gasteiger charge is 2.31. The van der Waals surface area contributed by atoms with Crippen LogP contribution < -0.4 is 20.5 Å². The summed E-state index contributed by atoms with van der Waals surface area (Å²) in [5.74, 6) is 1.95. The number of amides is 1. The zero-order valence-electron chi connectivity index (χ0n) is 13.1. The maximum absolute atomic E-state index is 12.3. The van der Waals surface area contributed by atoms with Gasteiger partial charge in [0.1, 0.15) is 11.5 Å². The molecule has 1 aliphatic carbocycles. The normalized spacial score (nSPS) is 20.1. The third-order valence-electron chi connectivity index (χ3n) is 4.24. The molecule has 1 aromatic carbocycles. The fourth-order valence-electron chi connectivity index (χ4n) is 3.00. The molecule has 0 saturated heterocycles. The summed E-state index contributed by atoms with van der Waals surface area (Å²) < 4.78 is 10.5. The Morgan fingerprint density at radius 1 is 1.32 bits per heavy atom. The van der Waals surface area contributed by atoms with Gasteiger partial charge < -0.3 is 20.5 Å². The number of carbonyl (C=O) groups is 1. The lowest BCUT2D eigenvalue weighted by Crippen LogP contribution is -2.34. The zero-order chi connectivity index (χ0) is 15.2. The van der Waals surface area contributed by atoms with E-state index in [2.05, 4.69) is 5.32 Å². The standard InChI is InChI=1S/C16H24N2O3.ClH/c1-20-13-6-7-15(21-2)12(8-13)10-18-16(19)14-5-3-4-11(14)9-17;/h6-8,11,14H,3-5,9-10,17H2,1-2H3,(H,18,19);1H/t11-,14-;/m1./s1. The van der Waals surface area contributed by atoms with E-state index in [1.807, 2.05) is 18.2 Å². The Hall–Kier alpha value is -1.46. The highest BCUT2D eigenvalue weighted by Crippen LogP contribution is 2.31. The first kappa shape index (κ1) is 18.6. The van der Waals surface area contributed by atoms with E-state index in [1.54, 1.807) is 14.2 Å². The summed E-state index contributed by atoms with van der Waals surface area (Å²) in [6.45, 7) is 1.02. The highest BCUT2D eigenvalue weighted by atomic mass is 35.5. The van der Waals surface area contributed by atoms with Gasteiger partial charge in [-0.25, -0.2) is 0 Å². The summed E-state index contributed by atoms with van der Waals surface area (Å²) in [6.07, 6.45) is 3.07. The lowest BCUT2D eigenvalue weighted by molar-refractivity contribution is -0.126. The fourth-order valence-corrected chi connectivity index (χ4v) is 3.00. The average Bonchev–Trinajstić information content (AvgIpc) is 3.00. The summed E-state index contributed by atoms with van der Waals surface area (Å²) in [4.78, 5) is 12.3. The number of methoxy groups -OCH3 is 2. The van der Waals surface area contributed by atoms with E-state index in [-0.39, 0.29) is 24.2 Å². The van der Waals surface area contributed by atoms with Gasteiger partial charge in [0.15, 0.2) is 0 Å². The molecule has 1 aliphatic rings. The number of hydrogen-bond donors (Lipinski definition) is 2. The number of benzene rings is 1. The van der Waals surface area contributed by atoms with E-state index in [0.717, 1.165) is 36.3 Å². The highest BCUT2D eigenvalue weighted by molar-refractivity contribution is 5.85. The largest absolute Gasteiger partial charge is 0.497 e. The molecule has 6 heteroatoms. The molecule has 124 valence electrons. The topological polar surface area (TPSA) is 73.6 Å². The van der Waals surface area contributed by atoms with Crippen LogP contribution in [0.15, 0.2) is 18.2 Å². The molecule has 22 heavy (non-hydrogen) atoms. The first-order chi connectivity index (χ1) is 10.2. The van der Waals surface area contributed by atoms with Crippen molar-refractivity contribution in [1.29, 1.82) is 0 Å². The maximum Gasteiger partial charge on any atom is 0.223 e. The Morgan fingerprint density at radius 2 is 2.09 bits per heavy atom. The van der Waals surface area contributed by atoms with Crippen molar-refractivity contribution in [1.82, 2.24) is 5.32 Å². The third kappa shape index (κ3) is 4.27. The van der Waals surface area contributed by atoms with Crippen molar-refractivity contribution in [2.45, 2.75) is 25.8 Å². The molecule has 2 rings (SSSR count). The Morgan fingerprint density at radius 3 is 2.73 bits per heavy atom. The lowest BCUT2D eigenvalue weighted by Gasteiger charge is -2.18. The molecule has 1 saturated carbocycles. The molecular formula is C16H25ClN2O3. The van der Waals surface area contributed by atoms with Crippen molar-refractivity contribution in [2.75, 3.05) is 20.8 Å². The summed E-state index contributed by atoms with van der Waals surface area (Å²) in [7, 11) is 3.24. The Balaban J connectivity index is 0.00000242. The first-order valence-corrected chi connectivity index (χ1v) is 7.38. The molecule has 1 aromatic rings. The van der Waals surface area contributed by atoms with Crippen molar-refractivity contribution in [3.05, 3.63) is 23.8 Å². The van der Waals surface area contributed by atoms with Crippen molar-refractivity contribution >= 4 is 18.3 Å². The van der Waals surface area contributed by atoms with Gasteiger partial charge >= 0.3 is 0 Å². The van der Waals surface area contributed by atoms with Crippen LogP contribution in [0, 0.1) is 11.8 Å². The molecule has 0 aliphatic heterocycles. The predicted octanol–water partition coefficient (Wildman–Crippen LogP) is 2.12. The number of rotatable bonds is 6. The molecule has 3 N–H and O–H groups in total. The zero-order valence-corrected chi connectivity index (χ0v) is 13.9. The van der Waals surface area contributed by atoms with Gasteiger partial charge in [-0.3, -0.25) is 4.79 Å². The van der Waals surface area contributed by atoms with Crippen LogP contribution in [0.1, 0.15) is 24.8 Å². The molecule has 0 spiro atoms. The van der Waals surface area contributed by atoms with Gasteiger partial charge in [0.2, 0.25) is 5.91 Å². The first-order valence-electron chi connectivity index (χ1n) is 7.38. The Labute approximate surface area is 138 Å². The predicted molar refractivity (Wildman–Crippen MR) is 88.5 cm³/mol. The molecule has 0 radical (unpaired) electrons. The van der Waals surface area contributed by atoms with Gasteiger partial charge in [-0.2, -0.15) is 0 Å². The van der Waals surface area contributed by atoms with E-state index in [0.29, 0.717) is 19.0 Å². The van der Waals surface area contributed by atoms with Crippen LogP contribution in [-0.4, -0.2) is 26.7 Å². The van der Waals surface area contributed by atoms with E-state index in [4.69, 9.17) is 15.2 Å². The number of nitrogens with one attached hydrogen (secondary N) is 1. The quantitative estimate of drug-likeness (QED) is 0.839. The maximum atomic E-state index is 12.3. The molecule has 0 aromatic heterocycles. The minimum atomic E-state index is 0. The van der Waals surface area contributed by atoms with Crippen molar-refractivity contribution < 1.29 is 14.3 Å². The summed E-state index contributed by atoms with van der Waals surface area (Å²) in [5.41, 5.74) is 6.65. The summed E-state index contributed by atoms with van der Waals surface area (Å²) >= 11 is 0. The van der Waals surface area contributed by atoms with Gasteiger partial charge in [-0.15, -0.1) is 12.4 Å². The van der Waals surface area contributed by atoms with Crippen LogP contribution in [0.25, 0.3) is 0 Å². The Kier molecular flexibility index (Phi) is 7.48. The van der Waals surface area contributed by atoms with E-state index >= 15 is 0 Å². The minimum Gasteiger partial charge on any atom is -0.497 e. The lowest BCUT2D eigenvalue weighted by atomic mass is 9.95. The van der Waals surface area contributed by atoms with Crippen LogP contribution in [0.2, 0.25) is 0 Å². The van der Waals surface area contributed by atoms with Gasteiger partial charge in [-0.1, -0.05) is 6.42 Å². The minimum absolute atomic E-state index is 0. The molecule has 0 unspecified atom stereocenters. The molecule has 5 nitrogen and oxygen atoms in total. The van der Waals surface area contributed by atoms with Gasteiger partial charge in [0, 0.05) is 18.0 Å². The van der Waals surface area contributed by atoms with Crippen LogP contribution in [0.4, 0.5) is 0 Å². The van der Waals surface area contributed by atoms with Gasteiger partial charge in [-0.05, 0) is 43.5 Å². The van der Waals surface area contributed by atoms with Crippen LogP contribution in [-0.2, 0) is 11.3 Å². The van der Waals surface area contributed by atoms with E-state index < -0.39 is 0 Å². The molecule has 0 heterocycles. The summed E-state index contributed by atoms with van der Waals surface area (Å²) in [6, 6.07) is 5.57. The van der Waals surface area contributed by atoms with Crippen molar-refractivity contribution in [3.63, 3.8) is 0 Å². The second-order valence-corrected chi connectivity index (χ2v) is 5.43.